The van der Waals surface area contributed by atoms with Gasteiger partial charge in [-0.1, -0.05) is 61.4 Å². The molecule has 0 aliphatic rings. The molecule has 0 fully saturated rings. The van der Waals surface area contributed by atoms with Gasteiger partial charge in [0.25, 0.3) is 0 Å². The van der Waals surface area contributed by atoms with Crippen LogP contribution < -0.4 is 47.2 Å². The Kier molecular flexibility index (Phi) is 13.7. The van der Waals surface area contributed by atoms with Crippen molar-refractivity contribution >= 4 is 45.3 Å². The molecule has 0 unspecified atom stereocenters. The maximum atomic E-state index is 6.03. The zero-order chi connectivity index (χ0) is 22.2. The fourth-order valence-corrected chi connectivity index (χ4v) is 7.16. The number of hydrogen-bond donors (Lipinski definition) is 0. The molecule has 0 saturated heterocycles. The normalized spacial score (nSPS) is 10.5. The van der Waals surface area contributed by atoms with Gasteiger partial charge in [0.15, 0.2) is 0 Å². The fraction of sp³-hybridized carbons (Fsp3) is 0.385. The summed E-state index contributed by atoms with van der Waals surface area (Å²) in [5.41, 5.74) is 0. The Morgan fingerprint density at radius 3 is 1.44 bits per heavy atom. The summed E-state index contributed by atoms with van der Waals surface area (Å²) in [5.74, 6) is 1.93. The first-order chi connectivity index (χ1) is 15.8. The van der Waals surface area contributed by atoms with Gasteiger partial charge in [-0.3, -0.25) is 22.7 Å². The zero-order valence-electron chi connectivity index (χ0n) is 20.6. The minimum absolute atomic E-state index is 0. The molecule has 4 heterocycles. The Morgan fingerprint density at radius 1 is 0.618 bits per heavy atom. The van der Waals surface area contributed by atoms with Crippen LogP contribution in [0.3, 0.4) is 0 Å². The van der Waals surface area contributed by atoms with Crippen molar-refractivity contribution < 1.29 is 47.2 Å². The standard InChI is InChI=1S/C26H28O2S4.2Li/c1-3-5-7-15-27-19-13-17-29-25(19)23-11-9-21(31-23)22-10-12-24(32-22)26-20(14-18-30-26)28-16-8-6-4-2;;/h9-14H,3-8,15-16H2,1-2H3;;/q-2;2*+1. The van der Waals surface area contributed by atoms with E-state index in [0.717, 1.165) is 37.6 Å². The zero-order valence-corrected chi connectivity index (χ0v) is 23.8. The van der Waals surface area contributed by atoms with Crippen molar-refractivity contribution in [3.63, 3.8) is 0 Å². The van der Waals surface area contributed by atoms with Crippen molar-refractivity contribution in [3.8, 4) is 40.8 Å². The molecule has 0 saturated carbocycles. The van der Waals surface area contributed by atoms with Gasteiger partial charge >= 0.3 is 37.7 Å². The second kappa shape index (κ2) is 15.7. The van der Waals surface area contributed by atoms with Crippen LogP contribution >= 0.6 is 45.3 Å². The van der Waals surface area contributed by atoms with Gasteiger partial charge in [0.2, 0.25) is 0 Å². The number of ether oxygens (including phenoxy) is 2. The molecular weight excluding hydrogens is 486 g/mol. The first-order valence-electron chi connectivity index (χ1n) is 11.3. The Bertz CT molecular complexity index is 1010. The van der Waals surface area contributed by atoms with Gasteiger partial charge in [-0.15, -0.1) is 45.6 Å². The van der Waals surface area contributed by atoms with Crippen LogP contribution in [-0.4, -0.2) is 13.2 Å². The summed E-state index contributed by atoms with van der Waals surface area (Å²) in [6.45, 7) is 5.98. The first-order valence-corrected chi connectivity index (χ1v) is 14.5. The SMILES string of the molecule is CCCCCOc1c[c-]sc1-c1ccc(-c2ccc(-c3s[c-]cc3OCCCCC)s2)s1.[Li+].[Li+]. The molecule has 0 aliphatic carbocycles. The number of unbranched alkanes of at least 4 members (excludes halogenated alkanes) is 4. The second-order valence-corrected chi connectivity index (χ2v) is 11.4. The van der Waals surface area contributed by atoms with Crippen molar-refractivity contribution in [2.24, 2.45) is 0 Å². The van der Waals surface area contributed by atoms with Gasteiger partial charge in [-0.05, 0) is 46.2 Å². The molecular formula is C26H28Li2O2S4. The summed E-state index contributed by atoms with van der Waals surface area (Å²) in [5, 5.41) is 6.50. The van der Waals surface area contributed by atoms with E-state index in [2.05, 4.69) is 48.9 Å². The smallest absolute Gasteiger partial charge is 0.561 e. The van der Waals surface area contributed by atoms with Crippen molar-refractivity contribution in [1.29, 1.82) is 0 Å². The molecule has 0 spiro atoms. The Morgan fingerprint density at radius 2 is 1.03 bits per heavy atom. The monoisotopic (exact) mass is 514 g/mol. The molecule has 0 aliphatic heterocycles. The Hall–Kier alpha value is -0.405. The second-order valence-electron chi connectivity index (χ2n) is 7.55. The van der Waals surface area contributed by atoms with Gasteiger partial charge in [0.05, 0.1) is 13.2 Å². The van der Waals surface area contributed by atoms with Crippen molar-refractivity contribution in [1.82, 2.24) is 0 Å². The molecule has 0 bridgehead atoms. The van der Waals surface area contributed by atoms with Crippen LogP contribution in [0.1, 0.15) is 52.4 Å². The molecule has 4 aromatic rings. The summed E-state index contributed by atoms with van der Waals surface area (Å²) >= 11 is 6.91. The van der Waals surface area contributed by atoms with Crippen molar-refractivity contribution in [2.45, 2.75) is 52.4 Å². The molecule has 0 atom stereocenters. The minimum atomic E-state index is 0. The van der Waals surface area contributed by atoms with Crippen LogP contribution in [-0.2, 0) is 0 Å². The van der Waals surface area contributed by atoms with E-state index in [4.69, 9.17) is 9.47 Å². The molecule has 4 aromatic heterocycles. The third-order valence-electron chi connectivity index (χ3n) is 5.06. The molecule has 170 valence electrons. The maximum Gasteiger partial charge on any atom is 1.00 e. The summed E-state index contributed by atoms with van der Waals surface area (Å²) < 4.78 is 12.1. The predicted molar refractivity (Wildman–Crippen MR) is 142 cm³/mol. The van der Waals surface area contributed by atoms with E-state index in [1.807, 2.05) is 34.8 Å². The number of thiophene rings is 4. The van der Waals surface area contributed by atoms with Crippen LogP contribution in [0.4, 0.5) is 0 Å². The third kappa shape index (κ3) is 7.80. The van der Waals surface area contributed by atoms with Crippen molar-refractivity contribution in [3.05, 3.63) is 47.2 Å². The quantitative estimate of drug-likeness (QED) is 0.154. The van der Waals surface area contributed by atoms with Gasteiger partial charge < -0.3 is 9.47 Å². The van der Waals surface area contributed by atoms with Gasteiger partial charge in [-0.2, -0.15) is 0 Å². The van der Waals surface area contributed by atoms with Crippen LogP contribution in [0, 0.1) is 10.8 Å². The molecule has 0 amide bonds. The van der Waals surface area contributed by atoms with Crippen molar-refractivity contribution in [2.75, 3.05) is 13.2 Å². The number of rotatable bonds is 13. The molecule has 34 heavy (non-hydrogen) atoms. The van der Waals surface area contributed by atoms with Crippen LogP contribution in [0.2, 0.25) is 0 Å². The summed E-state index contributed by atoms with van der Waals surface area (Å²) in [7, 11) is 0. The van der Waals surface area contributed by atoms with E-state index in [9.17, 15) is 0 Å². The van der Waals surface area contributed by atoms with E-state index in [1.165, 1.54) is 54.9 Å². The predicted octanol–water partition coefficient (Wildman–Crippen LogP) is 3.68. The van der Waals surface area contributed by atoms with Crippen LogP contribution in [0.5, 0.6) is 11.5 Å². The topological polar surface area (TPSA) is 18.5 Å². The summed E-state index contributed by atoms with van der Waals surface area (Å²) in [6, 6.07) is 12.8. The van der Waals surface area contributed by atoms with E-state index in [0.29, 0.717) is 0 Å². The van der Waals surface area contributed by atoms with Gasteiger partial charge in [-0.25, -0.2) is 0 Å². The fourth-order valence-electron chi connectivity index (χ4n) is 3.33. The largest absolute Gasteiger partial charge is 1.00 e. The molecule has 8 heteroatoms. The minimum Gasteiger partial charge on any atom is -0.561 e. The summed E-state index contributed by atoms with van der Waals surface area (Å²) in [6.07, 6.45) is 7.03. The first kappa shape index (κ1) is 29.8. The maximum absolute atomic E-state index is 6.03. The van der Waals surface area contributed by atoms with Crippen LogP contribution in [0.15, 0.2) is 36.4 Å². The molecule has 0 radical (unpaired) electrons. The molecule has 0 aromatic carbocycles. The molecule has 4 rings (SSSR count). The van der Waals surface area contributed by atoms with Gasteiger partial charge in [0.1, 0.15) is 0 Å². The van der Waals surface area contributed by atoms with E-state index in [-0.39, 0.29) is 37.7 Å². The average Bonchev–Trinajstić information content (AvgIpc) is 3.60. The molecule has 2 nitrogen and oxygen atoms in total. The third-order valence-corrected chi connectivity index (χ3v) is 9.44. The van der Waals surface area contributed by atoms with Crippen LogP contribution in [0.25, 0.3) is 29.3 Å². The summed E-state index contributed by atoms with van der Waals surface area (Å²) in [4.78, 5) is 7.43. The van der Waals surface area contributed by atoms with Gasteiger partial charge in [0, 0.05) is 9.75 Å². The Balaban J connectivity index is 0.00000204. The molecule has 0 N–H and O–H groups in total. The Labute approximate surface area is 244 Å². The number of hydrogen-bond acceptors (Lipinski definition) is 6. The van der Waals surface area contributed by atoms with E-state index >= 15 is 0 Å². The van der Waals surface area contributed by atoms with E-state index in [1.54, 1.807) is 22.7 Å². The average molecular weight is 515 g/mol. The van der Waals surface area contributed by atoms with E-state index < -0.39 is 0 Å².